The highest BCUT2D eigenvalue weighted by molar-refractivity contribution is 5.98. The Morgan fingerprint density at radius 3 is 2.43 bits per heavy atom. The van der Waals surface area contributed by atoms with E-state index in [1.807, 2.05) is 24.3 Å². The van der Waals surface area contributed by atoms with E-state index in [-0.39, 0.29) is 11.6 Å². The fourth-order valence-electron chi connectivity index (χ4n) is 5.15. The Kier molecular flexibility index (Phi) is 9.62. The van der Waals surface area contributed by atoms with Crippen molar-refractivity contribution < 1.29 is 9.59 Å². The highest BCUT2D eigenvalue weighted by atomic mass is 16.1. The number of ketones is 2. The molecule has 1 aliphatic carbocycles. The summed E-state index contributed by atoms with van der Waals surface area (Å²) in [5.74, 6) is 0.458. The number of hydrogen-bond acceptors (Lipinski definition) is 3. The summed E-state index contributed by atoms with van der Waals surface area (Å²) >= 11 is 0. The van der Waals surface area contributed by atoms with Gasteiger partial charge >= 0.3 is 0 Å². The first kappa shape index (κ1) is 26.8. The molecule has 0 amide bonds. The number of carbonyl (C=O) groups is 2. The lowest BCUT2D eigenvalue weighted by atomic mass is 9.88. The van der Waals surface area contributed by atoms with Crippen LogP contribution in [0.4, 0.5) is 0 Å². The maximum Gasteiger partial charge on any atom is 0.162 e. The lowest BCUT2D eigenvalue weighted by Gasteiger charge is -2.16. The predicted octanol–water partition coefficient (Wildman–Crippen LogP) is 7.58. The van der Waals surface area contributed by atoms with Gasteiger partial charge < -0.3 is 4.90 Å². The van der Waals surface area contributed by atoms with Gasteiger partial charge in [-0.3, -0.25) is 9.59 Å². The molecule has 0 radical (unpaired) electrons. The largest absolute Gasteiger partial charge is 0.309 e. The van der Waals surface area contributed by atoms with Crippen molar-refractivity contribution in [3.05, 3.63) is 101 Å². The summed E-state index contributed by atoms with van der Waals surface area (Å²) in [6, 6.07) is 25.1. The quantitative estimate of drug-likeness (QED) is 0.204. The second-order valence-electron chi connectivity index (χ2n) is 10.5. The standard InChI is InChI=1S/C34H39NO2/c1-35(2)22-7-3-4-19-34(37)31-16-9-15-29(24-31)28-14-8-11-26(23-28)20-21-30-25-32(36)17-10-13-27-12-5-6-18-33(27)30/h5-6,8-9,11-12,14-16,18,23-25H,3-4,7,10,13,17,19-22H2,1-2H3. The summed E-state index contributed by atoms with van der Waals surface area (Å²) in [6.07, 6.45) is 9.82. The Morgan fingerprint density at radius 2 is 1.59 bits per heavy atom. The first-order chi connectivity index (χ1) is 18.0. The molecule has 0 N–H and O–H groups in total. The van der Waals surface area contributed by atoms with Crippen LogP contribution in [0.1, 0.15) is 72.0 Å². The van der Waals surface area contributed by atoms with Crippen LogP contribution in [-0.2, 0) is 17.6 Å². The molecule has 3 aromatic rings. The van der Waals surface area contributed by atoms with Gasteiger partial charge in [-0.25, -0.2) is 0 Å². The maximum absolute atomic E-state index is 12.8. The molecule has 0 heterocycles. The maximum atomic E-state index is 12.8. The van der Waals surface area contributed by atoms with Gasteiger partial charge in [0.1, 0.15) is 0 Å². The van der Waals surface area contributed by atoms with E-state index < -0.39 is 0 Å². The van der Waals surface area contributed by atoms with E-state index in [0.29, 0.717) is 12.8 Å². The van der Waals surface area contributed by atoms with Crippen molar-refractivity contribution >= 4 is 17.1 Å². The third-order valence-electron chi connectivity index (χ3n) is 7.20. The summed E-state index contributed by atoms with van der Waals surface area (Å²) in [5.41, 5.74) is 7.94. The second-order valence-corrected chi connectivity index (χ2v) is 10.5. The van der Waals surface area contributed by atoms with E-state index in [9.17, 15) is 9.59 Å². The molecule has 1 aliphatic rings. The molecule has 0 fully saturated rings. The van der Waals surface area contributed by atoms with Crippen LogP contribution < -0.4 is 0 Å². The van der Waals surface area contributed by atoms with E-state index in [2.05, 4.69) is 73.6 Å². The lowest BCUT2D eigenvalue weighted by Crippen LogP contribution is -2.12. The van der Waals surface area contributed by atoms with Gasteiger partial charge in [0.2, 0.25) is 0 Å². The Labute approximate surface area is 222 Å². The van der Waals surface area contributed by atoms with Crippen molar-refractivity contribution in [3.8, 4) is 11.1 Å². The minimum Gasteiger partial charge on any atom is -0.309 e. The monoisotopic (exact) mass is 493 g/mol. The van der Waals surface area contributed by atoms with Crippen molar-refractivity contribution in [2.24, 2.45) is 0 Å². The first-order valence-corrected chi connectivity index (χ1v) is 13.7. The normalized spacial score (nSPS) is 13.6. The topological polar surface area (TPSA) is 37.4 Å². The zero-order valence-corrected chi connectivity index (χ0v) is 22.3. The molecule has 0 bridgehead atoms. The molecule has 0 unspecified atom stereocenters. The molecule has 0 aliphatic heterocycles. The number of rotatable bonds is 11. The molecule has 0 aromatic heterocycles. The van der Waals surface area contributed by atoms with Gasteiger partial charge in [-0.2, -0.15) is 0 Å². The molecule has 3 aromatic carbocycles. The number of carbonyl (C=O) groups excluding carboxylic acids is 2. The Hall–Kier alpha value is -3.30. The molecule has 0 atom stereocenters. The van der Waals surface area contributed by atoms with Crippen LogP contribution in [0.3, 0.4) is 0 Å². The van der Waals surface area contributed by atoms with Gasteiger partial charge in [-0.15, -0.1) is 0 Å². The number of Topliss-reactive ketones (excluding diaryl/α,β-unsaturated/α-hetero) is 1. The van der Waals surface area contributed by atoms with Gasteiger partial charge in [0.25, 0.3) is 0 Å². The lowest BCUT2D eigenvalue weighted by molar-refractivity contribution is -0.114. The summed E-state index contributed by atoms with van der Waals surface area (Å²) in [4.78, 5) is 27.4. The SMILES string of the molecule is CN(C)CCCCCC(=O)c1cccc(-c2cccc(CCC3=CC(=O)CCCc4ccccc43)c2)c1. The van der Waals surface area contributed by atoms with Crippen LogP contribution >= 0.6 is 0 Å². The van der Waals surface area contributed by atoms with Gasteiger partial charge in [0.15, 0.2) is 11.6 Å². The van der Waals surface area contributed by atoms with Crippen LogP contribution in [-0.4, -0.2) is 37.1 Å². The van der Waals surface area contributed by atoms with Gasteiger partial charge in [-0.1, -0.05) is 73.2 Å². The molecule has 4 rings (SSSR count). The molecular weight excluding hydrogens is 454 g/mol. The summed E-state index contributed by atoms with van der Waals surface area (Å²) < 4.78 is 0. The predicted molar refractivity (Wildman–Crippen MR) is 154 cm³/mol. The zero-order valence-electron chi connectivity index (χ0n) is 22.3. The van der Waals surface area contributed by atoms with Gasteiger partial charge in [0, 0.05) is 18.4 Å². The van der Waals surface area contributed by atoms with Crippen molar-refractivity contribution in [1.29, 1.82) is 0 Å². The molecular formula is C34H39NO2. The Balaban J connectivity index is 1.43. The molecule has 3 heteroatoms. The van der Waals surface area contributed by atoms with Crippen LogP contribution in [0.5, 0.6) is 0 Å². The third kappa shape index (κ3) is 7.84. The minimum absolute atomic E-state index is 0.224. The van der Waals surface area contributed by atoms with Crippen LogP contribution in [0.25, 0.3) is 16.7 Å². The van der Waals surface area contributed by atoms with E-state index in [1.165, 1.54) is 16.7 Å². The minimum atomic E-state index is 0.224. The number of fused-ring (bicyclic) bond motifs is 1. The number of benzene rings is 3. The van der Waals surface area contributed by atoms with Crippen molar-refractivity contribution in [2.75, 3.05) is 20.6 Å². The fourth-order valence-corrected chi connectivity index (χ4v) is 5.15. The van der Waals surface area contributed by atoms with Gasteiger partial charge in [-0.05, 0) is 105 Å². The van der Waals surface area contributed by atoms with E-state index >= 15 is 0 Å². The van der Waals surface area contributed by atoms with Crippen LogP contribution in [0.15, 0.2) is 78.9 Å². The first-order valence-electron chi connectivity index (χ1n) is 13.7. The van der Waals surface area contributed by atoms with Crippen molar-refractivity contribution in [1.82, 2.24) is 4.90 Å². The molecule has 37 heavy (non-hydrogen) atoms. The van der Waals surface area contributed by atoms with Crippen LogP contribution in [0.2, 0.25) is 0 Å². The Morgan fingerprint density at radius 1 is 0.811 bits per heavy atom. The molecule has 3 nitrogen and oxygen atoms in total. The summed E-state index contributed by atoms with van der Waals surface area (Å²) in [7, 11) is 4.17. The summed E-state index contributed by atoms with van der Waals surface area (Å²) in [5, 5.41) is 0. The highest BCUT2D eigenvalue weighted by Crippen LogP contribution is 2.29. The van der Waals surface area contributed by atoms with Crippen molar-refractivity contribution in [3.63, 3.8) is 0 Å². The highest BCUT2D eigenvalue weighted by Gasteiger charge is 2.14. The summed E-state index contributed by atoms with van der Waals surface area (Å²) in [6.45, 7) is 1.07. The Bertz CT molecular complexity index is 1250. The molecule has 192 valence electrons. The fraction of sp³-hybridized carbons (Fsp3) is 0.353. The molecule has 0 saturated heterocycles. The zero-order chi connectivity index (χ0) is 26.0. The van der Waals surface area contributed by atoms with E-state index in [1.54, 1.807) is 0 Å². The number of nitrogens with zero attached hydrogens (tertiary/aromatic N) is 1. The average molecular weight is 494 g/mol. The number of hydrogen-bond donors (Lipinski definition) is 0. The third-order valence-corrected chi connectivity index (χ3v) is 7.20. The number of allylic oxidation sites excluding steroid dienone is 2. The smallest absolute Gasteiger partial charge is 0.162 e. The molecule has 0 saturated carbocycles. The van der Waals surface area contributed by atoms with E-state index in [4.69, 9.17) is 0 Å². The number of unbranched alkanes of at least 4 members (excludes halogenated alkanes) is 2. The number of aryl methyl sites for hydroxylation is 2. The van der Waals surface area contributed by atoms with Crippen molar-refractivity contribution in [2.45, 2.75) is 57.8 Å². The van der Waals surface area contributed by atoms with Gasteiger partial charge in [0.05, 0.1) is 0 Å². The average Bonchev–Trinajstić information content (AvgIpc) is 2.90. The van der Waals surface area contributed by atoms with Crippen LogP contribution in [0, 0.1) is 0 Å². The molecule has 0 spiro atoms. The van der Waals surface area contributed by atoms with E-state index in [0.717, 1.165) is 73.8 Å². The second kappa shape index (κ2) is 13.3.